The summed E-state index contributed by atoms with van der Waals surface area (Å²) in [5, 5.41) is 5.04. The summed E-state index contributed by atoms with van der Waals surface area (Å²) >= 11 is 7.92. The Morgan fingerprint density at radius 1 is 1.33 bits per heavy atom. The van der Waals surface area contributed by atoms with Crippen LogP contribution < -0.4 is 5.32 Å². The average Bonchev–Trinajstić information content (AvgIpc) is 3.23. The Bertz CT molecular complexity index is 906. The van der Waals surface area contributed by atoms with Crippen molar-refractivity contribution < 1.29 is 9.59 Å². The summed E-state index contributed by atoms with van der Waals surface area (Å²) in [6.07, 6.45) is 5.63. The highest BCUT2D eigenvalue weighted by Crippen LogP contribution is 2.32. The first-order chi connectivity index (χ1) is 13.0. The van der Waals surface area contributed by atoms with E-state index in [1.54, 1.807) is 11.6 Å². The molecule has 1 aromatic heterocycles. The van der Waals surface area contributed by atoms with Gasteiger partial charge in [-0.15, -0.1) is 11.3 Å². The number of nitrogens with zero attached hydrogens (tertiary/aromatic N) is 2. The van der Waals surface area contributed by atoms with Gasteiger partial charge in [0.05, 0.1) is 4.91 Å². The van der Waals surface area contributed by atoms with Gasteiger partial charge in [0, 0.05) is 24.5 Å². The first-order valence-electron chi connectivity index (χ1n) is 8.21. The Kier molecular flexibility index (Phi) is 6.54. The number of hydrogen-bond acceptors (Lipinski definition) is 6. The van der Waals surface area contributed by atoms with Gasteiger partial charge in [-0.3, -0.25) is 14.5 Å². The number of thiazole rings is 1. The highest BCUT2D eigenvalue weighted by molar-refractivity contribution is 8.26. The summed E-state index contributed by atoms with van der Waals surface area (Å²) in [4.78, 5) is 30.7. The van der Waals surface area contributed by atoms with Gasteiger partial charge in [-0.05, 0) is 24.1 Å². The second kappa shape index (κ2) is 9.07. The van der Waals surface area contributed by atoms with E-state index < -0.39 is 0 Å². The topological polar surface area (TPSA) is 62.3 Å². The maximum Gasteiger partial charge on any atom is 0.266 e. The Balaban J connectivity index is 1.61. The molecule has 1 aliphatic rings. The Labute approximate surface area is 171 Å². The van der Waals surface area contributed by atoms with E-state index in [0.29, 0.717) is 14.4 Å². The van der Waals surface area contributed by atoms with Crippen molar-refractivity contribution in [3.05, 3.63) is 64.0 Å². The lowest BCUT2D eigenvalue weighted by molar-refractivity contribution is -0.122. The van der Waals surface area contributed by atoms with Gasteiger partial charge in [-0.25, -0.2) is 4.98 Å². The van der Waals surface area contributed by atoms with Crippen LogP contribution in [0.5, 0.6) is 0 Å². The molecule has 0 atom stereocenters. The lowest BCUT2D eigenvalue weighted by Gasteiger charge is -2.13. The Morgan fingerprint density at radius 2 is 2.11 bits per heavy atom. The first-order valence-corrected chi connectivity index (χ1v) is 10.3. The highest BCUT2D eigenvalue weighted by atomic mass is 32.2. The Morgan fingerprint density at radius 3 is 2.81 bits per heavy atom. The maximum absolute atomic E-state index is 12.6. The van der Waals surface area contributed by atoms with Crippen molar-refractivity contribution >= 4 is 62.7 Å². The van der Waals surface area contributed by atoms with Crippen molar-refractivity contribution in [2.75, 3.05) is 11.9 Å². The summed E-state index contributed by atoms with van der Waals surface area (Å²) in [6, 6.07) is 9.90. The van der Waals surface area contributed by atoms with Crippen LogP contribution in [-0.4, -0.2) is 32.6 Å². The van der Waals surface area contributed by atoms with Crippen LogP contribution in [0, 0.1) is 0 Å². The molecule has 0 bridgehead atoms. The van der Waals surface area contributed by atoms with E-state index in [-0.39, 0.29) is 24.8 Å². The van der Waals surface area contributed by atoms with Gasteiger partial charge in [-0.1, -0.05) is 60.4 Å². The van der Waals surface area contributed by atoms with Crippen LogP contribution in [0.4, 0.5) is 5.13 Å². The SMILES string of the molecule is CC(=Cc1ccccc1)C=C1SC(=S)N(CCC(=O)Nc2nccs2)C1=O. The van der Waals surface area contributed by atoms with E-state index in [1.165, 1.54) is 28.0 Å². The zero-order valence-electron chi connectivity index (χ0n) is 14.5. The molecule has 0 spiro atoms. The molecule has 3 rings (SSSR count). The predicted molar refractivity (Wildman–Crippen MR) is 115 cm³/mol. The lowest BCUT2D eigenvalue weighted by Crippen LogP contribution is -2.31. The lowest BCUT2D eigenvalue weighted by atomic mass is 10.1. The number of rotatable bonds is 6. The molecule has 0 saturated carbocycles. The molecular formula is C19H17N3O2S3. The van der Waals surface area contributed by atoms with Crippen molar-refractivity contribution in [1.82, 2.24) is 9.88 Å². The highest BCUT2D eigenvalue weighted by Gasteiger charge is 2.32. The number of carbonyl (C=O) groups excluding carboxylic acids is 2. The van der Waals surface area contributed by atoms with Crippen molar-refractivity contribution in [3.8, 4) is 0 Å². The minimum atomic E-state index is -0.192. The standard InChI is InChI=1S/C19H17N3O2S3/c1-13(11-14-5-3-2-4-6-14)12-15-17(24)22(19(25)27-15)9-7-16(23)21-18-20-8-10-26-18/h2-6,8,10-12H,7,9H2,1H3,(H,20,21,23). The number of anilines is 1. The zero-order valence-corrected chi connectivity index (χ0v) is 17.0. The number of carbonyl (C=O) groups is 2. The fraction of sp³-hybridized carbons (Fsp3) is 0.158. The third-order valence-corrected chi connectivity index (χ3v) is 5.73. The van der Waals surface area contributed by atoms with Gasteiger partial charge < -0.3 is 5.32 Å². The predicted octanol–water partition coefficient (Wildman–Crippen LogP) is 4.32. The number of nitrogens with one attached hydrogen (secondary N) is 1. The molecule has 1 saturated heterocycles. The molecule has 0 radical (unpaired) electrons. The van der Waals surface area contributed by atoms with Crippen LogP contribution in [0.15, 0.2) is 58.5 Å². The molecular weight excluding hydrogens is 398 g/mol. The fourth-order valence-corrected chi connectivity index (χ4v) is 4.34. The largest absolute Gasteiger partial charge is 0.302 e. The molecule has 1 aliphatic heterocycles. The average molecular weight is 416 g/mol. The summed E-state index contributed by atoms with van der Waals surface area (Å²) in [5.74, 6) is -0.351. The molecule has 1 fully saturated rings. The van der Waals surface area contributed by atoms with Gasteiger partial charge in [0.25, 0.3) is 5.91 Å². The van der Waals surface area contributed by atoms with E-state index in [0.717, 1.165) is 11.1 Å². The van der Waals surface area contributed by atoms with Crippen LogP contribution >= 0.6 is 35.3 Å². The molecule has 0 aliphatic carbocycles. The van der Waals surface area contributed by atoms with Crippen LogP contribution in [0.1, 0.15) is 18.9 Å². The van der Waals surface area contributed by atoms with E-state index >= 15 is 0 Å². The number of thioether (sulfide) groups is 1. The molecule has 27 heavy (non-hydrogen) atoms. The van der Waals surface area contributed by atoms with Gasteiger partial charge in [-0.2, -0.15) is 0 Å². The molecule has 138 valence electrons. The smallest absolute Gasteiger partial charge is 0.266 e. The fourth-order valence-electron chi connectivity index (χ4n) is 2.43. The number of hydrogen-bond donors (Lipinski definition) is 1. The van der Waals surface area contributed by atoms with Crippen LogP contribution in [0.25, 0.3) is 6.08 Å². The van der Waals surface area contributed by atoms with Crippen LogP contribution in [0.2, 0.25) is 0 Å². The minimum absolute atomic E-state index is 0.159. The Hall–Kier alpha value is -2.29. The second-order valence-corrected chi connectivity index (χ2v) is 8.34. The molecule has 5 nitrogen and oxygen atoms in total. The van der Waals surface area contributed by atoms with Gasteiger partial charge in [0.2, 0.25) is 5.91 Å². The van der Waals surface area contributed by atoms with Gasteiger partial charge >= 0.3 is 0 Å². The molecule has 2 heterocycles. The quantitative estimate of drug-likeness (QED) is 0.562. The second-order valence-electron chi connectivity index (χ2n) is 5.77. The molecule has 8 heteroatoms. The third kappa shape index (κ3) is 5.35. The molecule has 1 aromatic carbocycles. The van der Waals surface area contributed by atoms with Crippen LogP contribution in [-0.2, 0) is 9.59 Å². The van der Waals surface area contributed by atoms with Crippen LogP contribution in [0.3, 0.4) is 0 Å². The summed E-state index contributed by atoms with van der Waals surface area (Å²) in [6.45, 7) is 2.20. The number of benzene rings is 1. The summed E-state index contributed by atoms with van der Waals surface area (Å²) in [7, 11) is 0. The molecule has 1 N–H and O–H groups in total. The van der Waals surface area contributed by atoms with Gasteiger partial charge in [0.1, 0.15) is 4.32 Å². The normalized spacial score (nSPS) is 16.3. The monoisotopic (exact) mass is 415 g/mol. The van der Waals surface area contributed by atoms with Crippen molar-refractivity contribution in [2.45, 2.75) is 13.3 Å². The number of thiocarbonyl (C=S) groups is 1. The van der Waals surface area contributed by atoms with E-state index in [2.05, 4.69) is 10.3 Å². The van der Waals surface area contributed by atoms with E-state index in [1.807, 2.05) is 49.4 Å². The number of amides is 2. The minimum Gasteiger partial charge on any atom is -0.302 e. The summed E-state index contributed by atoms with van der Waals surface area (Å²) < 4.78 is 0.473. The number of allylic oxidation sites excluding steroid dienone is 2. The van der Waals surface area contributed by atoms with Crippen molar-refractivity contribution in [1.29, 1.82) is 0 Å². The molecule has 2 aromatic rings. The number of aromatic nitrogens is 1. The van der Waals surface area contributed by atoms with Gasteiger partial charge in [0.15, 0.2) is 5.13 Å². The summed E-state index contributed by atoms with van der Waals surface area (Å²) in [5.41, 5.74) is 2.03. The third-order valence-electron chi connectivity index (χ3n) is 3.67. The van der Waals surface area contributed by atoms with E-state index in [4.69, 9.17) is 12.2 Å². The zero-order chi connectivity index (χ0) is 19.2. The van der Waals surface area contributed by atoms with Crippen molar-refractivity contribution in [2.24, 2.45) is 0 Å². The first kappa shape index (κ1) is 19.5. The molecule has 0 unspecified atom stereocenters. The molecule has 2 amide bonds. The van der Waals surface area contributed by atoms with Crippen molar-refractivity contribution in [3.63, 3.8) is 0 Å². The van der Waals surface area contributed by atoms with E-state index in [9.17, 15) is 9.59 Å². The maximum atomic E-state index is 12.6.